The Morgan fingerprint density at radius 1 is 0.909 bits per heavy atom. The first-order valence-electron chi connectivity index (χ1n) is 7.11. The van der Waals surface area contributed by atoms with E-state index < -0.39 is 0 Å². The van der Waals surface area contributed by atoms with Crippen molar-refractivity contribution < 1.29 is 4.39 Å². The molecule has 0 bridgehead atoms. The van der Waals surface area contributed by atoms with Gasteiger partial charge in [-0.3, -0.25) is 0 Å². The van der Waals surface area contributed by atoms with Gasteiger partial charge in [0.2, 0.25) is 0 Å². The van der Waals surface area contributed by atoms with Crippen LogP contribution in [-0.2, 0) is 0 Å². The van der Waals surface area contributed by atoms with Gasteiger partial charge in [0.05, 0.1) is 5.69 Å². The Morgan fingerprint density at radius 3 is 2.50 bits per heavy atom. The summed E-state index contributed by atoms with van der Waals surface area (Å²) in [6.07, 6.45) is 0. The maximum Gasteiger partial charge on any atom is 0.200 e. The maximum atomic E-state index is 13.8. The summed E-state index contributed by atoms with van der Waals surface area (Å²) in [5, 5.41) is 15.6. The van der Waals surface area contributed by atoms with Gasteiger partial charge in [0.1, 0.15) is 5.82 Å². The molecule has 0 N–H and O–H groups in total. The second kappa shape index (κ2) is 5.21. The summed E-state index contributed by atoms with van der Waals surface area (Å²) in [5.74, 6) is 0.650. The molecule has 0 radical (unpaired) electrons. The number of benzene rings is 1. The third kappa shape index (κ3) is 2.22. The normalized spacial score (nSPS) is 15.5. The fourth-order valence-electron chi connectivity index (χ4n) is 2.69. The van der Waals surface area contributed by atoms with E-state index >= 15 is 0 Å². The fraction of sp³-hybridized carbons (Fsp3) is 0.286. The van der Waals surface area contributed by atoms with Crippen LogP contribution in [0.4, 0.5) is 15.9 Å². The minimum Gasteiger partial charge on any atom is -0.366 e. The Balaban J connectivity index is 1.50. The summed E-state index contributed by atoms with van der Waals surface area (Å²) < 4.78 is 15.3. The molecule has 0 saturated carbocycles. The minimum atomic E-state index is -0.177. The highest BCUT2D eigenvalue weighted by Crippen LogP contribution is 2.21. The van der Waals surface area contributed by atoms with E-state index in [2.05, 4.69) is 30.4 Å². The zero-order valence-corrected chi connectivity index (χ0v) is 11.8. The Labute approximate surface area is 125 Å². The molecule has 2 aromatic heterocycles. The third-order valence-electron chi connectivity index (χ3n) is 3.85. The van der Waals surface area contributed by atoms with Crippen LogP contribution in [-0.4, -0.2) is 51.4 Å². The minimum absolute atomic E-state index is 0.177. The number of hydrogen-bond acceptors (Lipinski definition) is 6. The van der Waals surface area contributed by atoms with E-state index in [0.717, 1.165) is 32.0 Å². The van der Waals surface area contributed by atoms with Crippen LogP contribution in [0.1, 0.15) is 0 Å². The van der Waals surface area contributed by atoms with E-state index in [-0.39, 0.29) is 5.82 Å². The van der Waals surface area contributed by atoms with Crippen molar-refractivity contribution in [1.82, 2.24) is 25.3 Å². The molecule has 8 heteroatoms. The van der Waals surface area contributed by atoms with E-state index in [4.69, 9.17) is 0 Å². The van der Waals surface area contributed by atoms with Gasteiger partial charge in [0.25, 0.3) is 0 Å². The summed E-state index contributed by atoms with van der Waals surface area (Å²) >= 11 is 0. The summed E-state index contributed by atoms with van der Waals surface area (Å²) in [4.78, 5) is 4.21. The molecule has 4 rings (SSSR count). The highest BCUT2D eigenvalue weighted by Gasteiger charge is 2.20. The van der Waals surface area contributed by atoms with Crippen LogP contribution >= 0.6 is 0 Å². The summed E-state index contributed by atoms with van der Waals surface area (Å²) in [6, 6.07) is 10.6. The lowest BCUT2D eigenvalue weighted by Gasteiger charge is -2.36. The Hall–Kier alpha value is -2.77. The lowest BCUT2D eigenvalue weighted by molar-refractivity contribution is 0.593. The highest BCUT2D eigenvalue weighted by molar-refractivity contribution is 5.51. The number of hydrogen-bond donors (Lipinski definition) is 0. The van der Waals surface area contributed by atoms with Gasteiger partial charge in [-0.2, -0.15) is 0 Å². The summed E-state index contributed by atoms with van der Waals surface area (Å²) in [5.41, 5.74) is 1.28. The molecule has 3 aromatic rings. The van der Waals surface area contributed by atoms with Gasteiger partial charge >= 0.3 is 0 Å². The molecule has 0 atom stereocenters. The first-order valence-corrected chi connectivity index (χ1v) is 7.11. The van der Waals surface area contributed by atoms with Crippen molar-refractivity contribution in [3.05, 3.63) is 42.2 Å². The van der Waals surface area contributed by atoms with Crippen LogP contribution < -0.4 is 9.80 Å². The molecule has 22 heavy (non-hydrogen) atoms. The molecule has 1 fully saturated rings. The van der Waals surface area contributed by atoms with Gasteiger partial charge in [-0.1, -0.05) is 12.1 Å². The van der Waals surface area contributed by atoms with Crippen LogP contribution in [0.15, 0.2) is 36.4 Å². The molecular weight excluding hydrogens is 285 g/mol. The molecule has 0 spiro atoms. The van der Waals surface area contributed by atoms with Crippen molar-refractivity contribution in [2.24, 2.45) is 0 Å². The Kier molecular flexibility index (Phi) is 3.06. The van der Waals surface area contributed by atoms with Crippen LogP contribution in [0.5, 0.6) is 0 Å². The van der Waals surface area contributed by atoms with E-state index in [1.807, 2.05) is 24.3 Å². The van der Waals surface area contributed by atoms with Crippen LogP contribution in [0.2, 0.25) is 0 Å². The molecule has 112 valence electrons. The number of tetrazole rings is 1. The zero-order chi connectivity index (χ0) is 14.9. The predicted molar refractivity (Wildman–Crippen MR) is 79.4 cm³/mol. The third-order valence-corrected chi connectivity index (χ3v) is 3.85. The molecule has 0 amide bonds. The Morgan fingerprint density at radius 2 is 1.68 bits per heavy atom. The first kappa shape index (κ1) is 12.9. The molecule has 1 aliphatic heterocycles. The molecule has 7 nitrogen and oxygen atoms in total. The average Bonchev–Trinajstić information content (AvgIpc) is 3.03. The lowest BCUT2D eigenvalue weighted by atomic mass is 10.2. The number of para-hydroxylation sites is 1. The van der Waals surface area contributed by atoms with Gasteiger partial charge in [-0.25, -0.2) is 4.39 Å². The molecule has 1 aromatic carbocycles. The van der Waals surface area contributed by atoms with Crippen molar-refractivity contribution in [2.45, 2.75) is 0 Å². The van der Waals surface area contributed by atoms with Crippen molar-refractivity contribution >= 4 is 17.2 Å². The van der Waals surface area contributed by atoms with E-state index in [1.165, 1.54) is 10.7 Å². The highest BCUT2D eigenvalue weighted by atomic mass is 19.1. The predicted octanol–water partition coefficient (Wildman–Crippen LogP) is 0.985. The van der Waals surface area contributed by atoms with Crippen molar-refractivity contribution in [2.75, 3.05) is 36.0 Å². The van der Waals surface area contributed by atoms with Crippen LogP contribution in [0.3, 0.4) is 0 Å². The topological polar surface area (TPSA) is 62.5 Å². The van der Waals surface area contributed by atoms with Gasteiger partial charge in [-0.05, 0) is 34.7 Å². The van der Waals surface area contributed by atoms with E-state index in [9.17, 15) is 4.39 Å². The monoisotopic (exact) mass is 299 g/mol. The first-order chi connectivity index (χ1) is 10.8. The van der Waals surface area contributed by atoms with Crippen LogP contribution in [0.25, 0.3) is 5.65 Å². The second-order valence-electron chi connectivity index (χ2n) is 5.14. The molecule has 0 unspecified atom stereocenters. The number of fused-ring (bicyclic) bond motifs is 1. The quantitative estimate of drug-likeness (QED) is 0.703. The second-order valence-corrected chi connectivity index (χ2v) is 5.14. The van der Waals surface area contributed by atoms with Gasteiger partial charge in [0.15, 0.2) is 11.5 Å². The largest absolute Gasteiger partial charge is 0.366 e. The molecule has 1 saturated heterocycles. The number of rotatable bonds is 2. The van der Waals surface area contributed by atoms with E-state index in [0.29, 0.717) is 11.3 Å². The number of piperazine rings is 1. The average molecular weight is 299 g/mol. The van der Waals surface area contributed by atoms with Gasteiger partial charge in [0, 0.05) is 26.2 Å². The lowest BCUT2D eigenvalue weighted by Crippen LogP contribution is -2.47. The number of halogens is 1. The van der Waals surface area contributed by atoms with Crippen molar-refractivity contribution in [3.63, 3.8) is 0 Å². The maximum absolute atomic E-state index is 13.8. The number of nitrogens with zero attached hydrogens (tertiary/aromatic N) is 7. The molecule has 0 aliphatic carbocycles. The number of anilines is 2. The van der Waals surface area contributed by atoms with Crippen molar-refractivity contribution in [1.29, 1.82) is 0 Å². The summed E-state index contributed by atoms with van der Waals surface area (Å²) in [7, 11) is 0. The smallest absolute Gasteiger partial charge is 0.200 e. The van der Waals surface area contributed by atoms with Crippen molar-refractivity contribution in [3.8, 4) is 0 Å². The summed E-state index contributed by atoms with van der Waals surface area (Å²) in [6.45, 7) is 3.04. The number of aromatic nitrogens is 5. The standard InChI is InChI=1S/C14H14FN7/c15-11-3-1-2-4-12(11)20-7-9-21(10-8-20)14-6-5-13-16-18-19-22(13)17-14/h1-6H,7-10H2. The SMILES string of the molecule is Fc1ccccc1N1CCN(c2ccc3nnnn3n2)CC1. The van der Waals surface area contributed by atoms with Gasteiger partial charge < -0.3 is 9.80 Å². The molecule has 1 aliphatic rings. The Bertz CT molecular complexity index is 794. The van der Waals surface area contributed by atoms with E-state index in [1.54, 1.807) is 6.07 Å². The fourth-order valence-corrected chi connectivity index (χ4v) is 2.69. The molecule has 3 heterocycles. The zero-order valence-electron chi connectivity index (χ0n) is 11.8. The molecular formula is C14H14FN7. The van der Waals surface area contributed by atoms with Crippen LogP contribution in [0, 0.1) is 5.82 Å². The van der Waals surface area contributed by atoms with Gasteiger partial charge in [-0.15, -0.1) is 14.8 Å².